The molecule has 1 fully saturated rings. The summed E-state index contributed by atoms with van der Waals surface area (Å²) in [4.78, 5) is 15.9. The Labute approximate surface area is 126 Å². The predicted molar refractivity (Wildman–Crippen MR) is 85.4 cm³/mol. The molecule has 1 aliphatic heterocycles. The van der Waals surface area contributed by atoms with Gasteiger partial charge in [0, 0.05) is 43.9 Å². The zero-order chi connectivity index (χ0) is 15.2. The van der Waals surface area contributed by atoms with Gasteiger partial charge in [-0.3, -0.25) is 10.2 Å². The minimum atomic E-state index is 0.243. The number of amidine groups is 1. The number of carbonyl (C=O) groups excluding carboxylic acids is 1. The molecule has 1 saturated heterocycles. The van der Waals surface area contributed by atoms with Crippen molar-refractivity contribution in [3.05, 3.63) is 29.8 Å². The van der Waals surface area contributed by atoms with Crippen LogP contribution in [0.3, 0.4) is 0 Å². The van der Waals surface area contributed by atoms with Gasteiger partial charge in [0.25, 0.3) is 0 Å². The molecule has 114 valence electrons. The van der Waals surface area contributed by atoms with E-state index >= 15 is 0 Å². The Morgan fingerprint density at radius 2 is 1.90 bits per heavy atom. The lowest BCUT2D eigenvalue weighted by Gasteiger charge is -2.36. The first-order valence-corrected chi connectivity index (χ1v) is 7.59. The van der Waals surface area contributed by atoms with E-state index in [1.165, 1.54) is 0 Å². The topological polar surface area (TPSA) is 73.4 Å². The van der Waals surface area contributed by atoms with E-state index in [9.17, 15) is 4.79 Å². The number of benzene rings is 1. The fourth-order valence-electron chi connectivity index (χ4n) is 2.53. The molecule has 1 heterocycles. The fraction of sp³-hybridized carbons (Fsp3) is 0.500. The molecule has 21 heavy (non-hydrogen) atoms. The third-order valence-electron chi connectivity index (χ3n) is 3.85. The van der Waals surface area contributed by atoms with Gasteiger partial charge < -0.3 is 15.5 Å². The summed E-state index contributed by atoms with van der Waals surface area (Å²) in [6.07, 6.45) is 2.65. The summed E-state index contributed by atoms with van der Waals surface area (Å²) in [5.41, 5.74) is 7.27. The average molecular weight is 288 g/mol. The number of rotatable bonds is 4. The molecule has 3 N–H and O–H groups in total. The summed E-state index contributed by atoms with van der Waals surface area (Å²) >= 11 is 0. The fourth-order valence-corrected chi connectivity index (χ4v) is 2.53. The molecule has 0 atom stereocenters. The second kappa shape index (κ2) is 7.11. The average Bonchev–Trinajstić information content (AvgIpc) is 2.52. The van der Waals surface area contributed by atoms with E-state index < -0.39 is 0 Å². The van der Waals surface area contributed by atoms with Crippen molar-refractivity contribution >= 4 is 17.4 Å². The maximum Gasteiger partial charge on any atom is 0.222 e. The van der Waals surface area contributed by atoms with Gasteiger partial charge in [-0.15, -0.1) is 0 Å². The second-order valence-electron chi connectivity index (χ2n) is 5.45. The molecule has 2 rings (SSSR count). The highest BCUT2D eigenvalue weighted by atomic mass is 16.2. The smallest absolute Gasteiger partial charge is 0.222 e. The van der Waals surface area contributed by atoms with Gasteiger partial charge in [0.05, 0.1) is 0 Å². The van der Waals surface area contributed by atoms with Crippen molar-refractivity contribution in [3.8, 4) is 0 Å². The van der Waals surface area contributed by atoms with E-state index in [0.717, 1.165) is 18.4 Å². The Bertz CT molecular complexity index is 507. The van der Waals surface area contributed by atoms with Gasteiger partial charge >= 0.3 is 0 Å². The maximum absolute atomic E-state index is 12.0. The lowest BCUT2D eigenvalue weighted by molar-refractivity contribution is -0.132. The number of unbranched alkanes of at least 4 members (excludes halogenated alkanes) is 1. The lowest BCUT2D eigenvalue weighted by atomic mass is 10.1. The van der Waals surface area contributed by atoms with E-state index in [1.807, 2.05) is 34.1 Å². The largest absolute Gasteiger partial charge is 0.399 e. The number of nitrogens with two attached hydrogens (primary N) is 1. The SMILES string of the molecule is CCCCC(=O)N1CCN(C(=N)c2cccc(N)c2)CC1. The zero-order valence-corrected chi connectivity index (χ0v) is 12.6. The van der Waals surface area contributed by atoms with Crippen LogP contribution in [-0.2, 0) is 4.79 Å². The number of nitrogens with zero attached hydrogens (tertiary/aromatic N) is 2. The van der Waals surface area contributed by atoms with Crippen LogP contribution in [0.15, 0.2) is 24.3 Å². The zero-order valence-electron chi connectivity index (χ0n) is 12.6. The van der Waals surface area contributed by atoms with Gasteiger partial charge in [-0.2, -0.15) is 0 Å². The number of amides is 1. The number of anilines is 1. The highest BCUT2D eigenvalue weighted by molar-refractivity contribution is 5.97. The van der Waals surface area contributed by atoms with Crippen molar-refractivity contribution in [2.75, 3.05) is 31.9 Å². The maximum atomic E-state index is 12.0. The molecule has 0 aromatic heterocycles. The van der Waals surface area contributed by atoms with Crippen LogP contribution in [0.5, 0.6) is 0 Å². The molecular formula is C16H24N4O. The first-order chi connectivity index (χ1) is 10.1. The summed E-state index contributed by atoms with van der Waals surface area (Å²) < 4.78 is 0. The molecule has 1 aromatic carbocycles. The van der Waals surface area contributed by atoms with Crippen LogP contribution in [0.2, 0.25) is 0 Å². The minimum Gasteiger partial charge on any atom is -0.399 e. The highest BCUT2D eigenvalue weighted by Gasteiger charge is 2.22. The van der Waals surface area contributed by atoms with Crippen LogP contribution >= 0.6 is 0 Å². The van der Waals surface area contributed by atoms with Crippen molar-refractivity contribution < 1.29 is 4.79 Å². The Balaban J connectivity index is 1.89. The first-order valence-electron chi connectivity index (χ1n) is 7.59. The molecule has 0 bridgehead atoms. The van der Waals surface area contributed by atoms with Crippen LogP contribution in [0.25, 0.3) is 0 Å². The molecule has 1 aromatic rings. The third-order valence-corrected chi connectivity index (χ3v) is 3.85. The molecule has 5 nitrogen and oxygen atoms in total. The van der Waals surface area contributed by atoms with Crippen LogP contribution in [0.4, 0.5) is 5.69 Å². The summed E-state index contributed by atoms with van der Waals surface area (Å²) in [5.74, 6) is 0.731. The minimum absolute atomic E-state index is 0.243. The van der Waals surface area contributed by atoms with Crippen LogP contribution < -0.4 is 5.73 Å². The van der Waals surface area contributed by atoms with E-state index in [1.54, 1.807) is 0 Å². The van der Waals surface area contributed by atoms with E-state index in [4.69, 9.17) is 11.1 Å². The lowest BCUT2D eigenvalue weighted by Crippen LogP contribution is -2.50. The van der Waals surface area contributed by atoms with Crippen LogP contribution in [0.1, 0.15) is 31.7 Å². The standard InChI is InChI=1S/C16H24N4O/c1-2-3-7-15(21)19-8-10-20(11-9-19)16(18)13-5-4-6-14(17)12-13/h4-6,12,18H,2-3,7-11,17H2,1H3. The molecule has 1 aliphatic rings. The van der Waals surface area contributed by atoms with Gasteiger partial charge in [0.15, 0.2) is 0 Å². The molecule has 0 unspecified atom stereocenters. The molecule has 5 heteroatoms. The molecule has 0 saturated carbocycles. The van der Waals surface area contributed by atoms with Crippen LogP contribution in [0, 0.1) is 5.41 Å². The van der Waals surface area contributed by atoms with E-state index in [-0.39, 0.29) is 5.91 Å². The Kier molecular flexibility index (Phi) is 5.20. The predicted octanol–water partition coefficient (Wildman–Crippen LogP) is 1.93. The Morgan fingerprint density at radius 1 is 1.24 bits per heavy atom. The Hall–Kier alpha value is -2.04. The Morgan fingerprint density at radius 3 is 2.52 bits per heavy atom. The van der Waals surface area contributed by atoms with Crippen LogP contribution in [-0.4, -0.2) is 47.7 Å². The van der Waals surface area contributed by atoms with E-state index in [2.05, 4.69) is 6.92 Å². The van der Waals surface area contributed by atoms with Crippen molar-refractivity contribution in [1.82, 2.24) is 9.80 Å². The van der Waals surface area contributed by atoms with Gasteiger partial charge in [-0.05, 0) is 18.6 Å². The molecule has 0 spiro atoms. The van der Waals surface area contributed by atoms with Crippen molar-refractivity contribution in [2.45, 2.75) is 26.2 Å². The van der Waals surface area contributed by atoms with Gasteiger partial charge in [-0.1, -0.05) is 25.5 Å². The normalized spacial score (nSPS) is 15.1. The molecule has 1 amide bonds. The van der Waals surface area contributed by atoms with Crippen molar-refractivity contribution in [3.63, 3.8) is 0 Å². The van der Waals surface area contributed by atoms with Gasteiger partial charge in [0.1, 0.15) is 5.84 Å². The third kappa shape index (κ3) is 3.97. The summed E-state index contributed by atoms with van der Waals surface area (Å²) in [5, 5.41) is 8.27. The van der Waals surface area contributed by atoms with Gasteiger partial charge in [0.2, 0.25) is 5.91 Å². The molecule has 0 radical (unpaired) electrons. The summed E-state index contributed by atoms with van der Waals surface area (Å²) in [6.45, 7) is 4.93. The van der Waals surface area contributed by atoms with Crippen molar-refractivity contribution in [1.29, 1.82) is 5.41 Å². The number of nitrogen functional groups attached to an aromatic ring is 1. The number of nitrogens with one attached hydrogen (secondary N) is 1. The number of hydrogen-bond donors (Lipinski definition) is 2. The highest BCUT2D eigenvalue weighted by Crippen LogP contribution is 2.12. The quantitative estimate of drug-likeness (QED) is 0.505. The first kappa shape index (κ1) is 15.4. The summed E-state index contributed by atoms with van der Waals surface area (Å²) in [6, 6.07) is 7.41. The molecule has 0 aliphatic carbocycles. The van der Waals surface area contributed by atoms with Gasteiger partial charge in [-0.25, -0.2) is 0 Å². The number of carbonyl (C=O) groups is 1. The number of hydrogen-bond acceptors (Lipinski definition) is 3. The van der Waals surface area contributed by atoms with Crippen molar-refractivity contribution in [2.24, 2.45) is 0 Å². The van der Waals surface area contributed by atoms with E-state index in [0.29, 0.717) is 44.1 Å². The second-order valence-corrected chi connectivity index (χ2v) is 5.45. The summed E-state index contributed by atoms with van der Waals surface area (Å²) in [7, 11) is 0. The number of piperazine rings is 1. The monoisotopic (exact) mass is 288 g/mol. The molecular weight excluding hydrogens is 264 g/mol.